The summed E-state index contributed by atoms with van der Waals surface area (Å²) in [7, 11) is 0. The molecular formula is C22H26N2O2. The lowest BCUT2D eigenvalue weighted by atomic mass is 10.1. The molecule has 0 bridgehead atoms. The molecule has 0 saturated carbocycles. The van der Waals surface area contributed by atoms with Crippen molar-refractivity contribution in [2.75, 3.05) is 22.9 Å². The zero-order valence-corrected chi connectivity index (χ0v) is 16.0. The van der Waals surface area contributed by atoms with Gasteiger partial charge in [0.1, 0.15) is 0 Å². The van der Waals surface area contributed by atoms with Gasteiger partial charge in [0, 0.05) is 30.9 Å². The maximum atomic E-state index is 13.1. The van der Waals surface area contributed by atoms with Gasteiger partial charge in [-0.1, -0.05) is 24.3 Å². The van der Waals surface area contributed by atoms with Crippen LogP contribution in [-0.2, 0) is 9.59 Å². The van der Waals surface area contributed by atoms with E-state index in [1.807, 2.05) is 70.2 Å². The summed E-state index contributed by atoms with van der Waals surface area (Å²) in [5.74, 6) is -0.250. The van der Waals surface area contributed by atoms with Gasteiger partial charge in [-0.2, -0.15) is 0 Å². The normalized spacial score (nSPS) is 16.8. The molecular weight excluding hydrogens is 324 g/mol. The van der Waals surface area contributed by atoms with Gasteiger partial charge < -0.3 is 9.80 Å². The number of aryl methyl sites for hydroxylation is 3. The van der Waals surface area contributed by atoms with E-state index in [1.165, 1.54) is 0 Å². The van der Waals surface area contributed by atoms with E-state index < -0.39 is 0 Å². The molecule has 0 spiro atoms. The predicted molar refractivity (Wildman–Crippen MR) is 106 cm³/mol. The lowest BCUT2D eigenvalue weighted by molar-refractivity contribution is -0.124. The highest BCUT2D eigenvalue weighted by Crippen LogP contribution is 2.30. The average Bonchev–Trinajstić information content (AvgIpc) is 2.99. The molecule has 1 fully saturated rings. The molecule has 4 heteroatoms. The second-order valence-corrected chi connectivity index (χ2v) is 7.12. The molecule has 136 valence electrons. The van der Waals surface area contributed by atoms with E-state index in [4.69, 9.17) is 0 Å². The van der Waals surface area contributed by atoms with Gasteiger partial charge >= 0.3 is 0 Å². The molecule has 0 radical (unpaired) electrons. The Morgan fingerprint density at radius 1 is 1.12 bits per heavy atom. The third kappa shape index (κ3) is 3.50. The third-order valence-electron chi connectivity index (χ3n) is 5.03. The molecule has 1 heterocycles. The first-order valence-electron chi connectivity index (χ1n) is 9.16. The fourth-order valence-electron chi connectivity index (χ4n) is 3.60. The molecule has 3 rings (SSSR count). The van der Waals surface area contributed by atoms with Gasteiger partial charge in [-0.15, -0.1) is 0 Å². The molecule has 2 amide bonds. The van der Waals surface area contributed by atoms with E-state index >= 15 is 0 Å². The molecule has 2 aromatic rings. The monoisotopic (exact) mass is 350 g/mol. The van der Waals surface area contributed by atoms with Crippen LogP contribution in [0.4, 0.5) is 11.4 Å². The summed E-state index contributed by atoms with van der Waals surface area (Å²) in [5.41, 5.74) is 5.11. The molecule has 0 N–H and O–H groups in total. The number of anilines is 2. The minimum absolute atomic E-state index is 0.0253. The van der Waals surface area contributed by atoms with Gasteiger partial charge in [0.15, 0.2) is 0 Å². The zero-order valence-electron chi connectivity index (χ0n) is 16.0. The van der Waals surface area contributed by atoms with Gasteiger partial charge in [0.05, 0.1) is 5.92 Å². The summed E-state index contributed by atoms with van der Waals surface area (Å²) in [5, 5.41) is 0. The van der Waals surface area contributed by atoms with Crippen molar-refractivity contribution >= 4 is 23.2 Å². The van der Waals surface area contributed by atoms with Crippen molar-refractivity contribution in [3.8, 4) is 0 Å². The van der Waals surface area contributed by atoms with Crippen LogP contribution in [0.15, 0.2) is 42.5 Å². The van der Waals surface area contributed by atoms with E-state index in [-0.39, 0.29) is 24.2 Å². The minimum Gasteiger partial charge on any atom is -0.312 e. The zero-order chi connectivity index (χ0) is 18.8. The number of benzene rings is 2. The minimum atomic E-state index is -0.303. The van der Waals surface area contributed by atoms with Gasteiger partial charge in [0.2, 0.25) is 11.8 Å². The van der Waals surface area contributed by atoms with Crippen molar-refractivity contribution in [1.29, 1.82) is 0 Å². The number of hydrogen-bond acceptors (Lipinski definition) is 2. The van der Waals surface area contributed by atoms with Crippen molar-refractivity contribution in [1.82, 2.24) is 0 Å². The first-order valence-corrected chi connectivity index (χ1v) is 9.16. The van der Waals surface area contributed by atoms with E-state index in [9.17, 15) is 9.59 Å². The number of carbonyl (C=O) groups excluding carboxylic acids is 2. The largest absolute Gasteiger partial charge is 0.312 e. The highest BCUT2D eigenvalue weighted by atomic mass is 16.2. The van der Waals surface area contributed by atoms with Crippen LogP contribution in [-0.4, -0.2) is 24.9 Å². The number of rotatable bonds is 4. The Morgan fingerprint density at radius 3 is 2.54 bits per heavy atom. The Bertz CT molecular complexity index is 844. The summed E-state index contributed by atoms with van der Waals surface area (Å²) in [6.45, 7) is 9.05. The molecule has 0 aliphatic carbocycles. The summed E-state index contributed by atoms with van der Waals surface area (Å²) in [6.07, 6.45) is 0.272. The quantitative estimate of drug-likeness (QED) is 0.836. The molecule has 0 aromatic heterocycles. The van der Waals surface area contributed by atoms with Crippen molar-refractivity contribution < 1.29 is 9.59 Å². The van der Waals surface area contributed by atoms with E-state index in [2.05, 4.69) is 0 Å². The molecule has 1 atom stereocenters. The van der Waals surface area contributed by atoms with Crippen LogP contribution in [0.1, 0.15) is 30.0 Å². The summed E-state index contributed by atoms with van der Waals surface area (Å²) >= 11 is 0. The van der Waals surface area contributed by atoms with Gasteiger partial charge in [-0.3, -0.25) is 9.59 Å². The molecule has 2 aromatic carbocycles. The SMILES string of the molecule is CCN(C(=O)C1CC(=O)N(c2cc(C)ccc2C)C1)c1cccc(C)c1. The smallest absolute Gasteiger partial charge is 0.232 e. The second kappa shape index (κ2) is 7.32. The summed E-state index contributed by atoms with van der Waals surface area (Å²) in [6, 6.07) is 14.0. The lowest BCUT2D eigenvalue weighted by Crippen LogP contribution is -2.37. The Labute approximate surface area is 155 Å². The van der Waals surface area contributed by atoms with Crippen LogP contribution in [0.5, 0.6) is 0 Å². The molecule has 26 heavy (non-hydrogen) atoms. The van der Waals surface area contributed by atoms with Gasteiger partial charge in [0.25, 0.3) is 0 Å². The van der Waals surface area contributed by atoms with Gasteiger partial charge in [-0.05, 0) is 62.6 Å². The first kappa shape index (κ1) is 18.2. The molecule has 1 saturated heterocycles. The molecule has 1 aliphatic rings. The third-order valence-corrected chi connectivity index (χ3v) is 5.03. The van der Waals surface area contributed by atoms with Crippen LogP contribution in [0.2, 0.25) is 0 Å². The highest BCUT2D eigenvalue weighted by Gasteiger charge is 2.37. The first-order chi connectivity index (χ1) is 12.4. The van der Waals surface area contributed by atoms with Crippen LogP contribution in [0.25, 0.3) is 0 Å². The van der Waals surface area contributed by atoms with E-state index in [0.29, 0.717) is 13.1 Å². The fourth-order valence-corrected chi connectivity index (χ4v) is 3.60. The highest BCUT2D eigenvalue weighted by molar-refractivity contribution is 6.04. The Morgan fingerprint density at radius 2 is 1.85 bits per heavy atom. The predicted octanol–water partition coefficient (Wildman–Crippen LogP) is 4.02. The van der Waals surface area contributed by atoms with Crippen molar-refractivity contribution in [2.45, 2.75) is 34.1 Å². The fraction of sp³-hybridized carbons (Fsp3) is 0.364. The Balaban J connectivity index is 1.83. The maximum Gasteiger partial charge on any atom is 0.232 e. The number of hydrogen-bond donors (Lipinski definition) is 0. The topological polar surface area (TPSA) is 40.6 Å². The molecule has 1 aliphatic heterocycles. The standard InChI is InChI=1S/C22H26N2O2/c1-5-23(19-8-6-7-15(2)11-19)22(26)18-13-21(25)24(14-18)20-12-16(3)9-10-17(20)4/h6-12,18H,5,13-14H2,1-4H3. The Hall–Kier alpha value is -2.62. The van der Waals surface area contributed by atoms with Crippen LogP contribution < -0.4 is 9.80 Å². The maximum absolute atomic E-state index is 13.1. The average molecular weight is 350 g/mol. The summed E-state index contributed by atoms with van der Waals surface area (Å²) in [4.78, 5) is 29.3. The van der Waals surface area contributed by atoms with E-state index in [1.54, 1.807) is 9.80 Å². The number of nitrogens with zero attached hydrogens (tertiary/aromatic N) is 2. The number of carbonyl (C=O) groups is 2. The second-order valence-electron chi connectivity index (χ2n) is 7.12. The molecule has 4 nitrogen and oxygen atoms in total. The van der Waals surface area contributed by atoms with Crippen molar-refractivity contribution in [2.24, 2.45) is 5.92 Å². The van der Waals surface area contributed by atoms with Crippen LogP contribution in [0.3, 0.4) is 0 Å². The molecule has 1 unspecified atom stereocenters. The van der Waals surface area contributed by atoms with Gasteiger partial charge in [-0.25, -0.2) is 0 Å². The summed E-state index contributed by atoms with van der Waals surface area (Å²) < 4.78 is 0. The van der Waals surface area contributed by atoms with Crippen LogP contribution >= 0.6 is 0 Å². The van der Waals surface area contributed by atoms with Crippen molar-refractivity contribution in [3.05, 3.63) is 59.2 Å². The van der Waals surface area contributed by atoms with Crippen molar-refractivity contribution in [3.63, 3.8) is 0 Å². The lowest BCUT2D eigenvalue weighted by Gasteiger charge is -2.25. The number of amides is 2. The Kier molecular flexibility index (Phi) is 5.12. The van der Waals surface area contributed by atoms with Crippen LogP contribution in [0, 0.1) is 26.7 Å². The van der Waals surface area contributed by atoms with E-state index in [0.717, 1.165) is 28.1 Å².